The molecule has 0 fully saturated rings. The van der Waals surface area contributed by atoms with Gasteiger partial charge in [-0.1, -0.05) is 0 Å². The maximum absolute atomic E-state index is 11.4. The highest BCUT2D eigenvalue weighted by atomic mass is 16.4. The molecule has 2 aromatic rings. The standard InChI is InChI=1S/C14H16N4O4/c1-8-10(6-19)18(9(2)13(8)14(21)22)12(5-11(15)20)17-4-3-16-7-17/h3-4,6-7,12H,5H2,1-2H3,(H2,15,20)(H,21,22). The second-order valence-corrected chi connectivity index (χ2v) is 4.92. The smallest absolute Gasteiger partial charge is 0.337 e. The molecule has 1 amide bonds. The Morgan fingerprint density at radius 2 is 2.14 bits per heavy atom. The highest BCUT2D eigenvalue weighted by Crippen LogP contribution is 2.27. The molecule has 2 aromatic heterocycles. The number of rotatable bonds is 6. The van der Waals surface area contributed by atoms with E-state index in [-0.39, 0.29) is 17.7 Å². The molecule has 0 aliphatic rings. The highest BCUT2D eigenvalue weighted by molar-refractivity contribution is 5.94. The summed E-state index contributed by atoms with van der Waals surface area (Å²) in [5, 5.41) is 9.33. The average Bonchev–Trinajstić information content (AvgIpc) is 3.02. The Bertz CT molecular complexity index is 731. The topological polar surface area (TPSA) is 120 Å². The molecular formula is C14H16N4O4. The summed E-state index contributed by atoms with van der Waals surface area (Å²) in [6.45, 7) is 3.15. The summed E-state index contributed by atoms with van der Waals surface area (Å²) in [7, 11) is 0. The molecule has 3 N–H and O–H groups in total. The molecule has 0 aliphatic carbocycles. The van der Waals surface area contributed by atoms with E-state index in [1.807, 2.05) is 0 Å². The van der Waals surface area contributed by atoms with Crippen molar-refractivity contribution in [3.63, 3.8) is 0 Å². The second-order valence-electron chi connectivity index (χ2n) is 4.92. The number of imidazole rings is 1. The highest BCUT2D eigenvalue weighted by Gasteiger charge is 2.27. The fraction of sp³-hybridized carbons (Fsp3) is 0.286. The largest absolute Gasteiger partial charge is 0.478 e. The number of aromatic carboxylic acids is 1. The number of carboxylic acid groups (broad SMARTS) is 1. The van der Waals surface area contributed by atoms with E-state index in [4.69, 9.17) is 5.73 Å². The zero-order valence-corrected chi connectivity index (χ0v) is 12.2. The summed E-state index contributed by atoms with van der Waals surface area (Å²) in [5.41, 5.74) is 6.29. The lowest BCUT2D eigenvalue weighted by Gasteiger charge is -2.22. The Kier molecular flexibility index (Phi) is 4.11. The molecule has 0 aromatic carbocycles. The van der Waals surface area contributed by atoms with Gasteiger partial charge in [0.25, 0.3) is 0 Å². The Morgan fingerprint density at radius 3 is 2.59 bits per heavy atom. The predicted octanol–water partition coefficient (Wildman–Crippen LogP) is 0.734. The first-order valence-corrected chi connectivity index (χ1v) is 6.54. The molecule has 8 heteroatoms. The number of carboxylic acids is 1. The van der Waals surface area contributed by atoms with Gasteiger partial charge in [-0.3, -0.25) is 9.59 Å². The van der Waals surface area contributed by atoms with Gasteiger partial charge in [-0.25, -0.2) is 9.78 Å². The number of aromatic nitrogens is 3. The lowest BCUT2D eigenvalue weighted by molar-refractivity contribution is -0.119. The molecule has 1 atom stereocenters. The van der Waals surface area contributed by atoms with E-state index >= 15 is 0 Å². The van der Waals surface area contributed by atoms with Gasteiger partial charge in [-0.05, 0) is 19.4 Å². The van der Waals surface area contributed by atoms with Gasteiger partial charge in [-0.15, -0.1) is 0 Å². The molecule has 0 aliphatic heterocycles. The summed E-state index contributed by atoms with van der Waals surface area (Å²) >= 11 is 0. The minimum Gasteiger partial charge on any atom is -0.478 e. The third-order valence-electron chi connectivity index (χ3n) is 3.62. The van der Waals surface area contributed by atoms with Crippen molar-refractivity contribution in [1.29, 1.82) is 0 Å². The van der Waals surface area contributed by atoms with Crippen LogP contribution in [0.5, 0.6) is 0 Å². The Hall–Kier alpha value is -2.90. The summed E-state index contributed by atoms with van der Waals surface area (Å²) in [6.07, 6.45) is 4.48. The Morgan fingerprint density at radius 1 is 1.45 bits per heavy atom. The minimum atomic E-state index is -1.12. The molecule has 0 saturated heterocycles. The first-order valence-electron chi connectivity index (χ1n) is 6.54. The van der Waals surface area contributed by atoms with Gasteiger partial charge in [0, 0.05) is 18.1 Å². The fourth-order valence-corrected chi connectivity index (χ4v) is 2.68. The van der Waals surface area contributed by atoms with Crippen LogP contribution in [-0.2, 0) is 4.79 Å². The zero-order chi connectivity index (χ0) is 16.4. The molecule has 1 unspecified atom stereocenters. The van der Waals surface area contributed by atoms with Gasteiger partial charge in [0.15, 0.2) is 6.29 Å². The Labute approximate surface area is 126 Å². The molecule has 2 heterocycles. The predicted molar refractivity (Wildman–Crippen MR) is 76.7 cm³/mol. The quantitative estimate of drug-likeness (QED) is 0.762. The van der Waals surface area contributed by atoms with Gasteiger partial charge in [0.05, 0.1) is 24.0 Å². The fourth-order valence-electron chi connectivity index (χ4n) is 2.68. The zero-order valence-electron chi connectivity index (χ0n) is 12.2. The minimum absolute atomic E-state index is 0.0525. The van der Waals surface area contributed by atoms with Crippen LogP contribution in [0.3, 0.4) is 0 Å². The number of carbonyl (C=O) groups is 3. The maximum atomic E-state index is 11.4. The van der Waals surface area contributed by atoms with Crippen LogP contribution in [0.15, 0.2) is 18.7 Å². The summed E-state index contributed by atoms with van der Waals surface area (Å²) in [6, 6.07) is 0. The van der Waals surface area contributed by atoms with Crippen molar-refractivity contribution in [1.82, 2.24) is 14.1 Å². The normalized spacial score (nSPS) is 12.1. The van der Waals surface area contributed by atoms with Gasteiger partial charge in [-0.2, -0.15) is 0 Å². The molecule has 8 nitrogen and oxygen atoms in total. The number of hydrogen-bond acceptors (Lipinski definition) is 4. The summed E-state index contributed by atoms with van der Waals surface area (Å²) in [4.78, 5) is 38.2. The van der Waals surface area contributed by atoms with Crippen molar-refractivity contribution in [3.8, 4) is 0 Å². The van der Waals surface area contributed by atoms with Crippen molar-refractivity contribution in [2.45, 2.75) is 26.4 Å². The Balaban J connectivity index is 2.71. The van der Waals surface area contributed by atoms with Crippen LogP contribution >= 0.6 is 0 Å². The van der Waals surface area contributed by atoms with E-state index in [0.29, 0.717) is 17.5 Å². The maximum Gasteiger partial charge on any atom is 0.337 e. The number of primary amides is 1. The molecule has 0 saturated carbocycles. The number of nitrogens with two attached hydrogens (primary N) is 1. The van der Waals surface area contributed by atoms with Gasteiger partial charge < -0.3 is 20.0 Å². The number of carbonyl (C=O) groups excluding carboxylic acids is 2. The lowest BCUT2D eigenvalue weighted by atomic mass is 10.1. The van der Waals surface area contributed by atoms with Gasteiger partial charge in [0.2, 0.25) is 5.91 Å². The second kappa shape index (κ2) is 5.84. The van der Waals surface area contributed by atoms with Gasteiger partial charge >= 0.3 is 5.97 Å². The average molecular weight is 304 g/mol. The van der Waals surface area contributed by atoms with Crippen LogP contribution in [0.2, 0.25) is 0 Å². The van der Waals surface area contributed by atoms with E-state index in [0.717, 1.165) is 0 Å². The van der Waals surface area contributed by atoms with Crippen LogP contribution in [-0.4, -0.2) is 37.4 Å². The van der Waals surface area contributed by atoms with Crippen LogP contribution < -0.4 is 5.73 Å². The van der Waals surface area contributed by atoms with E-state index in [2.05, 4.69) is 4.98 Å². The molecule has 0 bridgehead atoms. The third-order valence-corrected chi connectivity index (χ3v) is 3.62. The van der Waals surface area contributed by atoms with Crippen molar-refractivity contribution < 1.29 is 19.5 Å². The molecule has 0 spiro atoms. The summed E-state index contributed by atoms with van der Waals surface area (Å²) < 4.78 is 3.12. The molecule has 116 valence electrons. The van der Waals surface area contributed by atoms with Crippen LogP contribution in [0.25, 0.3) is 0 Å². The van der Waals surface area contributed by atoms with E-state index in [9.17, 15) is 19.5 Å². The number of hydrogen-bond donors (Lipinski definition) is 2. The molecular weight excluding hydrogens is 288 g/mol. The number of aldehydes is 1. The first kappa shape index (κ1) is 15.5. The van der Waals surface area contributed by atoms with Crippen molar-refractivity contribution >= 4 is 18.2 Å². The van der Waals surface area contributed by atoms with Crippen LogP contribution in [0, 0.1) is 13.8 Å². The van der Waals surface area contributed by atoms with E-state index < -0.39 is 18.0 Å². The molecule has 2 rings (SSSR count). The SMILES string of the molecule is Cc1c(C(=O)O)c(C)n(C(CC(N)=O)n2ccnc2)c1C=O. The van der Waals surface area contributed by atoms with Crippen molar-refractivity contribution in [2.75, 3.05) is 0 Å². The summed E-state index contributed by atoms with van der Waals surface area (Å²) in [5.74, 6) is -1.70. The number of amides is 1. The van der Waals surface area contributed by atoms with E-state index in [1.165, 1.54) is 17.1 Å². The van der Waals surface area contributed by atoms with Crippen molar-refractivity contribution in [3.05, 3.63) is 41.2 Å². The first-order chi connectivity index (χ1) is 10.4. The third kappa shape index (κ3) is 2.50. The molecule has 22 heavy (non-hydrogen) atoms. The lowest BCUT2D eigenvalue weighted by Crippen LogP contribution is -2.26. The number of nitrogens with zero attached hydrogens (tertiary/aromatic N) is 3. The van der Waals surface area contributed by atoms with E-state index in [1.54, 1.807) is 24.6 Å². The van der Waals surface area contributed by atoms with Crippen LogP contribution in [0.1, 0.15) is 44.7 Å². The van der Waals surface area contributed by atoms with Crippen LogP contribution in [0.4, 0.5) is 0 Å². The van der Waals surface area contributed by atoms with Gasteiger partial charge in [0.1, 0.15) is 6.17 Å². The monoisotopic (exact) mass is 304 g/mol. The molecule has 0 radical (unpaired) electrons. The van der Waals surface area contributed by atoms with Crippen molar-refractivity contribution in [2.24, 2.45) is 5.73 Å².